The van der Waals surface area contributed by atoms with Crippen LogP contribution in [0.4, 0.5) is 4.39 Å². The maximum atomic E-state index is 14.9. The standard InChI is InChI=1S/C21H25FO3/c1-4-5-6-7-10-15-13-14-17(20(24-2)19(15)22)16-11-8-9-12-18(16)21(23)25-3/h8-9,11-14H,4-7,10H2,1-3H3. The van der Waals surface area contributed by atoms with Crippen LogP contribution >= 0.6 is 0 Å². The van der Waals surface area contributed by atoms with Crippen molar-refractivity contribution in [2.24, 2.45) is 0 Å². The van der Waals surface area contributed by atoms with Gasteiger partial charge in [0.1, 0.15) is 0 Å². The summed E-state index contributed by atoms with van der Waals surface area (Å²) in [5.74, 6) is -0.637. The van der Waals surface area contributed by atoms with E-state index >= 15 is 0 Å². The van der Waals surface area contributed by atoms with Crippen LogP contribution in [-0.2, 0) is 11.2 Å². The second kappa shape index (κ2) is 9.21. The van der Waals surface area contributed by atoms with Gasteiger partial charge < -0.3 is 9.47 Å². The molecule has 0 aliphatic heterocycles. The summed E-state index contributed by atoms with van der Waals surface area (Å²) in [7, 11) is 2.78. The van der Waals surface area contributed by atoms with Crippen LogP contribution in [0.5, 0.6) is 5.75 Å². The maximum absolute atomic E-state index is 14.9. The van der Waals surface area contributed by atoms with E-state index in [1.165, 1.54) is 14.2 Å². The highest BCUT2D eigenvalue weighted by Crippen LogP contribution is 2.36. The molecule has 2 rings (SSSR count). The summed E-state index contributed by atoms with van der Waals surface area (Å²) in [6.45, 7) is 2.15. The normalized spacial score (nSPS) is 10.6. The predicted molar refractivity (Wildman–Crippen MR) is 97.6 cm³/mol. The van der Waals surface area contributed by atoms with Crippen molar-refractivity contribution in [2.45, 2.75) is 39.0 Å². The fourth-order valence-electron chi connectivity index (χ4n) is 2.95. The SMILES string of the molecule is CCCCCCc1ccc(-c2ccccc2C(=O)OC)c(OC)c1F. The fourth-order valence-corrected chi connectivity index (χ4v) is 2.95. The third-order valence-corrected chi connectivity index (χ3v) is 4.30. The van der Waals surface area contributed by atoms with Crippen LogP contribution < -0.4 is 4.74 Å². The van der Waals surface area contributed by atoms with Gasteiger partial charge in [-0.1, -0.05) is 56.5 Å². The van der Waals surface area contributed by atoms with E-state index in [1.54, 1.807) is 30.3 Å². The van der Waals surface area contributed by atoms with Crippen LogP contribution in [0.15, 0.2) is 36.4 Å². The molecular formula is C21H25FO3. The highest BCUT2D eigenvalue weighted by Gasteiger charge is 2.20. The Bertz CT molecular complexity index is 725. The van der Waals surface area contributed by atoms with Gasteiger partial charge in [0, 0.05) is 5.56 Å². The van der Waals surface area contributed by atoms with Crippen LogP contribution in [0.2, 0.25) is 0 Å². The van der Waals surface area contributed by atoms with Crippen LogP contribution in [0, 0.1) is 5.82 Å². The average molecular weight is 344 g/mol. The molecule has 134 valence electrons. The van der Waals surface area contributed by atoms with Crippen molar-refractivity contribution in [1.82, 2.24) is 0 Å². The Kier molecular flexibility index (Phi) is 6.99. The summed E-state index contributed by atoms with van der Waals surface area (Å²) in [6, 6.07) is 10.6. The second-order valence-corrected chi connectivity index (χ2v) is 5.97. The lowest BCUT2D eigenvalue weighted by Crippen LogP contribution is -2.05. The highest BCUT2D eigenvalue weighted by molar-refractivity contribution is 5.98. The first-order valence-electron chi connectivity index (χ1n) is 8.67. The van der Waals surface area contributed by atoms with Gasteiger partial charge in [0.2, 0.25) is 0 Å². The van der Waals surface area contributed by atoms with Gasteiger partial charge in [-0.15, -0.1) is 0 Å². The van der Waals surface area contributed by atoms with Crippen molar-refractivity contribution in [3.05, 3.63) is 53.3 Å². The van der Waals surface area contributed by atoms with Gasteiger partial charge in [-0.05, 0) is 30.0 Å². The lowest BCUT2D eigenvalue weighted by Gasteiger charge is -2.15. The molecular weight excluding hydrogens is 319 g/mol. The molecule has 0 radical (unpaired) electrons. The van der Waals surface area contributed by atoms with Crippen LogP contribution in [0.3, 0.4) is 0 Å². The molecule has 0 amide bonds. The summed E-state index contributed by atoms with van der Waals surface area (Å²) in [5, 5.41) is 0. The minimum atomic E-state index is -0.457. The molecule has 2 aromatic rings. The molecule has 0 N–H and O–H groups in total. The molecule has 3 nitrogen and oxygen atoms in total. The molecule has 0 aliphatic carbocycles. The maximum Gasteiger partial charge on any atom is 0.338 e. The Morgan fingerprint density at radius 2 is 1.76 bits per heavy atom. The van der Waals surface area contributed by atoms with E-state index in [0.29, 0.717) is 28.7 Å². The smallest absolute Gasteiger partial charge is 0.338 e. The van der Waals surface area contributed by atoms with Crippen molar-refractivity contribution in [2.75, 3.05) is 14.2 Å². The minimum absolute atomic E-state index is 0.171. The first-order valence-corrected chi connectivity index (χ1v) is 8.67. The van der Waals surface area contributed by atoms with Gasteiger partial charge in [0.05, 0.1) is 19.8 Å². The molecule has 0 saturated heterocycles. The Morgan fingerprint density at radius 3 is 2.44 bits per heavy atom. The molecule has 0 bridgehead atoms. The van der Waals surface area contributed by atoms with Gasteiger partial charge >= 0.3 is 5.97 Å². The Morgan fingerprint density at radius 1 is 1.00 bits per heavy atom. The molecule has 0 aromatic heterocycles. The van der Waals surface area contributed by atoms with Crippen molar-refractivity contribution >= 4 is 5.97 Å². The molecule has 0 spiro atoms. The molecule has 25 heavy (non-hydrogen) atoms. The van der Waals surface area contributed by atoms with E-state index in [9.17, 15) is 9.18 Å². The van der Waals surface area contributed by atoms with Gasteiger partial charge in [0.15, 0.2) is 11.6 Å². The Labute approximate surface area is 148 Å². The first kappa shape index (κ1) is 19.0. The van der Waals surface area contributed by atoms with Gasteiger partial charge in [-0.2, -0.15) is 0 Å². The Balaban J connectivity index is 2.40. The van der Waals surface area contributed by atoms with E-state index in [0.717, 1.165) is 25.7 Å². The zero-order valence-electron chi connectivity index (χ0n) is 15.1. The first-order chi connectivity index (χ1) is 12.1. The molecule has 0 heterocycles. The zero-order valence-corrected chi connectivity index (χ0v) is 15.1. The molecule has 0 atom stereocenters. The number of hydrogen-bond acceptors (Lipinski definition) is 3. The summed E-state index contributed by atoms with van der Waals surface area (Å²) >= 11 is 0. The summed E-state index contributed by atoms with van der Waals surface area (Å²) < 4.78 is 25.1. The van der Waals surface area contributed by atoms with Gasteiger partial charge in [-0.25, -0.2) is 9.18 Å². The molecule has 0 fully saturated rings. The quantitative estimate of drug-likeness (QED) is 0.474. The topological polar surface area (TPSA) is 35.5 Å². The van der Waals surface area contributed by atoms with Crippen LogP contribution in [0.25, 0.3) is 11.1 Å². The van der Waals surface area contributed by atoms with Gasteiger partial charge in [-0.3, -0.25) is 0 Å². The lowest BCUT2D eigenvalue weighted by molar-refractivity contribution is 0.0601. The second-order valence-electron chi connectivity index (χ2n) is 5.97. The third kappa shape index (κ3) is 4.38. The largest absolute Gasteiger partial charge is 0.493 e. The number of carbonyl (C=O) groups excluding carboxylic acids is 1. The predicted octanol–water partition coefficient (Wildman–Crippen LogP) is 5.41. The van der Waals surface area contributed by atoms with Crippen LogP contribution in [-0.4, -0.2) is 20.2 Å². The molecule has 0 unspecified atom stereocenters. The monoisotopic (exact) mass is 344 g/mol. The molecule has 4 heteroatoms. The van der Waals surface area contributed by atoms with E-state index < -0.39 is 5.97 Å². The van der Waals surface area contributed by atoms with E-state index in [2.05, 4.69) is 6.92 Å². The van der Waals surface area contributed by atoms with E-state index in [4.69, 9.17) is 9.47 Å². The van der Waals surface area contributed by atoms with E-state index in [-0.39, 0.29) is 11.6 Å². The number of aryl methyl sites for hydroxylation is 1. The van der Waals surface area contributed by atoms with Crippen molar-refractivity contribution in [3.63, 3.8) is 0 Å². The number of benzene rings is 2. The number of esters is 1. The average Bonchev–Trinajstić information content (AvgIpc) is 2.65. The molecule has 0 aliphatic rings. The van der Waals surface area contributed by atoms with E-state index in [1.807, 2.05) is 6.07 Å². The zero-order chi connectivity index (χ0) is 18.2. The highest BCUT2D eigenvalue weighted by atomic mass is 19.1. The summed E-state index contributed by atoms with van der Waals surface area (Å²) in [6.07, 6.45) is 5.02. The van der Waals surface area contributed by atoms with Crippen molar-refractivity contribution < 1.29 is 18.7 Å². The molecule has 2 aromatic carbocycles. The van der Waals surface area contributed by atoms with Crippen LogP contribution in [0.1, 0.15) is 48.5 Å². The minimum Gasteiger partial charge on any atom is -0.493 e. The number of carbonyl (C=O) groups is 1. The lowest BCUT2D eigenvalue weighted by atomic mass is 9.95. The number of methoxy groups -OCH3 is 2. The molecule has 0 saturated carbocycles. The number of halogens is 1. The van der Waals surface area contributed by atoms with Gasteiger partial charge in [0.25, 0.3) is 0 Å². The third-order valence-electron chi connectivity index (χ3n) is 4.30. The number of ether oxygens (including phenoxy) is 2. The Hall–Kier alpha value is -2.36. The summed E-state index contributed by atoms with van der Waals surface area (Å²) in [5.41, 5.74) is 2.19. The number of unbranched alkanes of at least 4 members (excludes halogenated alkanes) is 3. The number of rotatable bonds is 8. The summed E-state index contributed by atoms with van der Waals surface area (Å²) in [4.78, 5) is 12.0. The van der Waals surface area contributed by atoms with Crippen molar-refractivity contribution in [1.29, 1.82) is 0 Å². The van der Waals surface area contributed by atoms with Crippen molar-refractivity contribution in [3.8, 4) is 16.9 Å². The fraction of sp³-hybridized carbons (Fsp3) is 0.381. The number of hydrogen-bond donors (Lipinski definition) is 0.